The van der Waals surface area contributed by atoms with Crippen molar-refractivity contribution in [2.24, 2.45) is 0 Å². The van der Waals surface area contributed by atoms with Crippen molar-refractivity contribution >= 4 is 0 Å². The lowest BCUT2D eigenvalue weighted by Gasteiger charge is -2.07. The molecule has 0 saturated carbocycles. The molecule has 0 atom stereocenters. The predicted octanol–water partition coefficient (Wildman–Crippen LogP) is 2.92. The molecule has 0 spiro atoms. The molecular formula is C16H19NO3. The Hall–Kier alpha value is -2.23. The second kappa shape index (κ2) is 7.38. The van der Waals surface area contributed by atoms with Crippen LogP contribution in [0.15, 0.2) is 47.4 Å². The number of hydrogen-bond acceptors (Lipinski definition) is 3. The second-order valence-electron chi connectivity index (χ2n) is 4.58. The summed E-state index contributed by atoms with van der Waals surface area (Å²) in [5, 5.41) is 0. The highest BCUT2D eigenvalue weighted by atomic mass is 16.5. The van der Waals surface area contributed by atoms with Gasteiger partial charge in [-0.2, -0.15) is 0 Å². The molecule has 0 unspecified atom stereocenters. The number of aryl methyl sites for hydroxylation is 1. The van der Waals surface area contributed by atoms with Gasteiger partial charge in [0.05, 0.1) is 13.2 Å². The standard InChI is InChI=1S/C16H19NO3/c1-13-6-4-7-14(12-13)19-10-2-3-11-20-15-8-5-9-17-16(15)18/h4-9,12H,2-3,10-11H2,1H3,(H,17,18). The van der Waals surface area contributed by atoms with Crippen LogP contribution in [0.25, 0.3) is 0 Å². The third-order valence-corrected chi connectivity index (χ3v) is 2.84. The molecule has 0 saturated heterocycles. The van der Waals surface area contributed by atoms with Gasteiger partial charge >= 0.3 is 0 Å². The predicted molar refractivity (Wildman–Crippen MR) is 78.5 cm³/mol. The van der Waals surface area contributed by atoms with Crippen LogP contribution in [0.2, 0.25) is 0 Å². The van der Waals surface area contributed by atoms with E-state index in [0.29, 0.717) is 19.0 Å². The Kier molecular flexibility index (Phi) is 5.24. The van der Waals surface area contributed by atoms with Gasteiger partial charge in [-0.15, -0.1) is 0 Å². The SMILES string of the molecule is Cc1cccc(OCCCCOc2ccc[nH]c2=O)c1. The average Bonchev–Trinajstić information content (AvgIpc) is 2.44. The van der Waals surface area contributed by atoms with Crippen molar-refractivity contribution in [2.45, 2.75) is 19.8 Å². The van der Waals surface area contributed by atoms with Crippen LogP contribution in [-0.2, 0) is 0 Å². The Morgan fingerprint density at radius 2 is 1.85 bits per heavy atom. The highest BCUT2D eigenvalue weighted by Gasteiger charge is 1.99. The molecule has 0 bridgehead atoms. The lowest BCUT2D eigenvalue weighted by molar-refractivity contribution is 0.264. The van der Waals surface area contributed by atoms with E-state index in [4.69, 9.17) is 9.47 Å². The van der Waals surface area contributed by atoms with E-state index in [1.807, 2.05) is 31.2 Å². The van der Waals surface area contributed by atoms with E-state index in [-0.39, 0.29) is 5.56 Å². The number of pyridine rings is 1. The Balaban J connectivity index is 1.63. The number of rotatable bonds is 7. The second-order valence-corrected chi connectivity index (χ2v) is 4.58. The highest BCUT2D eigenvalue weighted by molar-refractivity contribution is 5.27. The van der Waals surface area contributed by atoms with Crippen molar-refractivity contribution in [3.05, 3.63) is 58.5 Å². The number of H-pyrrole nitrogens is 1. The Morgan fingerprint density at radius 1 is 1.05 bits per heavy atom. The molecule has 106 valence electrons. The van der Waals surface area contributed by atoms with Crippen molar-refractivity contribution in [3.63, 3.8) is 0 Å². The van der Waals surface area contributed by atoms with Crippen LogP contribution in [0.4, 0.5) is 0 Å². The molecule has 2 aromatic rings. The average molecular weight is 273 g/mol. The minimum Gasteiger partial charge on any atom is -0.494 e. The lowest BCUT2D eigenvalue weighted by atomic mass is 10.2. The summed E-state index contributed by atoms with van der Waals surface area (Å²) in [6.45, 7) is 3.21. The minimum absolute atomic E-state index is 0.191. The summed E-state index contributed by atoms with van der Waals surface area (Å²) < 4.78 is 11.0. The molecular weight excluding hydrogens is 254 g/mol. The largest absolute Gasteiger partial charge is 0.494 e. The van der Waals surface area contributed by atoms with Crippen LogP contribution in [0.1, 0.15) is 18.4 Å². The lowest BCUT2D eigenvalue weighted by Crippen LogP contribution is -2.11. The smallest absolute Gasteiger partial charge is 0.290 e. The maximum absolute atomic E-state index is 11.4. The molecule has 0 aliphatic heterocycles. The number of unbranched alkanes of at least 4 members (excludes halogenated alkanes) is 1. The normalized spacial score (nSPS) is 10.2. The molecule has 1 aromatic carbocycles. The van der Waals surface area contributed by atoms with Crippen molar-refractivity contribution in [2.75, 3.05) is 13.2 Å². The molecule has 0 aliphatic rings. The molecule has 1 heterocycles. The number of hydrogen-bond donors (Lipinski definition) is 1. The molecule has 20 heavy (non-hydrogen) atoms. The van der Waals surface area contributed by atoms with E-state index in [9.17, 15) is 4.79 Å². The summed E-state index contributed by atoms with van der Waals surface area (Å²) in [6.07, 6.45) is 3.32. The van der Waals surface area contributed by atoms with Crippen molar-refractivity contribution in [3.8, 4) is 11.5 Å². The summed E-state index contributed by atoms with van der Waals surface area (Å²) in [6, 6.07) is 11.4. The van der Waals surface area contributed by atoms with Crippen LogP contribution in [0, 0.1) is 6.92 Å². The third kappa shape index (κ3) is 4.46. The Labute approximate surface area is 118 Å². The van der Waals surface area contributed by atoms with E-state index in [2.05, 4.69) is 4.98 Å². The van der Waals surface area contributed by atoms with Crippen LogP contribution >= 0.6 is 0 Å². The monoisotopic (exact) mass is 273 g/mol. The number of nitrogens with one attached hydrogen (secondary N) is 1. The van der Waals surface area contributed by atoms with E-state index >= 15 is 0 Å². The number of benzene rings is 1. The highest BCUT2D eigenvalue weighted by Crippen LogP contribution is 2.12. The van der Waals surface area contributed by atoms with Crippen molar-refractivity contribution < 1.29 is 9.47 Å². The molecule has 0 amide bonds. The van der Waals surface area contributed by atoms with Gasteiger partial charge in [-0.05, 0) is 49.6 Å². The van der Waals surface area contributed by atoms with E-state index in [1.165, 1.54) is 5.56 Å². The molecule has 4 heteroatoms. The topological polar surface area (TPSA) is 51.3 Å². The van der Waals surface area contributed by atoms with Gasteiger partial charge in [0.15, 0.2) is 5.75 Å². The van der Waals surface area contributed by atoms with Gasteiger partial charge in [0.25, 0.3) is 5.56 Å². The molecule has 4 nitrogen and oxygen atoms in total. The molecule has 0 aliphatic carbocycles. The van der Waals surface area contributed by atoms with Crippen LogP contribution < -0.4 is 15.0 Å². The summed E-state index contributed by atoms with van der Waals surface area (Å²) >= 11 is 0. The zero-order chi connectivity index (χ0) is 14.2. The number of ether oxygens (including phenoxy) is 2. The first-order valence-electron chi connectivity index (χ1n) is 6.76. The van der Waals surface area contributed by atoms with E-state index < -0.39 is 0 Å². The summed E-state index contributed by atoms with van der Waals surface area (Å²) in [5.74, 6) is 1.26. The van der Waals surface area contributed by atoms with E-state index in [0.717, 1.165) is 18.6 Å². The van der Waals surface area contributed by atoms with Gasteiger partial charge < -0.3 is 14.5 Å². The molecule has 0 radical (unpaired) electrons. The van der Waals surface area contributed by atoms with Gasteiger partial charge in [-0.1, -0.05) is 12.1 Å². The van der Waals surface area contributed by atoms with Crippen molar-refractivity contribution in [1.29, 1.82) is 0 Å². The van der Waals surface area contributed by atoms with Crippen LogP contribution in [0.3, 0.4) is 0 Å². The van der Waals surface area contributed by atoms with Gasteiger partial charge in [0.2, 0.25) is 0 Å². The number of aromatic amines is 1. The van der Waals surface area contributed by atoms with Crippen LogP contribution in [-0.4, -0.2) is 18.2 Å². The molecule has 2 rings (SSSR count). The maximum atomic E-state index is 11.4. The first-order valence-corrected chi connectivity index (χ1v) is 6.76. The summed E-state index contributed by atoms with van der Waals surface area (Å²) in [7, 11) is 0. The Morgan fingerprint density at radius 3 is 2.60 bits per heavy atom. The fourth-order valence-corrected chi connectivity index (χ4v) is 1.80. The zero-order valence-corrected chi connectivity index (χ0v) is 11.6. The van der Waals surface area contributed by atoms with Gasteiger partial charge in [0.1, 0.15) is 5.75 Å². The summed E-state index contributed by atoms with van der Waals surface area (Å²) in [5.41, 5.74) is 0.998. The molecule has 1 aromatic heterocycles. The maximum Gasteiger partial charge on any atom is 0.290 e. The third-order valence-electron chi connectivity index (χ3n) is 2.84. The van der Waals surface area contributed by atoms with Crippen LogP contribution in [0.5, 0.6) is 11.5 Å². The van der Waals surface area contributed by atoms with Gasteiger partial charge in [-0.3, -0.25) is 4.79 Å². The van der Waals surface area contributed by atoms with Gasteiger partial charge in [-0.25, -0.2) is 0 Å². The fourth-order valence-electron chi connectivity index (χ4n) is 1.80. The summed E-state index contributed by atoms with van der Waals surface area (Å²) in [4.78, 5) is 13.9. The van der Waals surface area contributed by atoms with Crippen molar-refractivity contribution in [1.82, 2.24) is 4.98 Å². The molecule has 1 N–H and O–H groups in total. The van der Waals surface area contributed by atoms with Gasteiger partial charge in [0, 0.05) is 6.20 Å². The quantitative estimate of drug-likeness (QED) is 0.789. The Bertz CT molecular complexity index is 592. The molecule has 0 fully saturated rings. The van der Waals surface area contributed by atoms with E-state index in [1.54, 1.807) is 18.3 Å². The first kappa shape index (κ1) is 14.2. The minimum atomic E-state index is -0.191. The number of aromatic nitrogens is 1. The first-order chi connectivity index (χ1) is 9.75. The zero-order valence-electron chi connectivity index (χ0n) is 11.6. The fraction of sp³-hybridized carbons (Fsp3) is 0.312.